The third-order valence-corrected chi connectivity index (χ3v) is 3.04. The molecule has 2 saturated heterocycles. The summed E-state index contributed by atoms with van der Waals surface area (Å²) in [6.07, 6.45) is 7.14. The molecule has 2 atom stereocenters. The number of hydrogen-bond acceptors (Lipinski definition) is 3. The van der Waals surface area contributed by atoms with Gasteiger partial charge in [0.25, 0.3) is 0 Å². The quantitative estimate of drug-likeness (QED) is 0.741. The molecule has 3 heteroatoms. The maximum Gasteiger partial charge on any atom is 0.0700 e. The molecule has 2 fully saturated rings. The molecule has 0 spiro atoms. The highest BCUT2D eigenvalue weighted by molar-refractivity contribution is 4.71. The lowest BCUT2D eigenvalue weighted by atomic mass is 10.1. The average Bonchev–Trinajstić information content (AvgIpc) is 2.72. The van der Waals surface area contributed by atoms with Crippen molar-refractivity contribution < 1.29 is 9.47 Å². The van der Waals surface area contributed by atoms with Gasteiger partial charge in [0.05, 0.1) is 12.2 Å². The Morgan fingerprint density at radius 1 is 0.857 bits per heavy atom. The van der Waals surface area contributed by atoms with Gasteiger partial charge in [-0.1, -0.05) is 0 Å². The molecule has 0 aromatic carbocycles. The summed E-state index contributed by atoms with van der Waals surface area (Å²) in [5, 5.41) is 3.45. The molecule has 82 valence electrons. The lowest BCUT2D eigenvalue weighted by Crippen LogP contribution is -2.35. The van der Waals surface area contributed by atoms with E-state index in [4.69, 9.17) is 9.47 Å². The van der Waals surface area contributed by atoms with Gasteiger partial charge in [-0.3, -0.25) is 0 Å². The summed E-state index contributed by atoms with van der Waals surface area (Å²) in [6, 6.07) is 0. The zero-order valence-electron chi connectivity index (χ0n) is 8.84. The molecule has 0 saturated carbocycles. The highest BCUT2D eigenvalue weighted by atomic mass is 16.5. The van der Waals surface area contributed by atoms with E-state index in [0.29, 0.717) is 12.2 Å². The van der Waals surface area contributed by atoms with Gasteiger partial charge >= 0.3 is 0 Å². The van der Waals surface area contributed by atoms with E-state index < -0.39 is 0 Å². The maximum absolute atomic E-state index is 5.64. The minimum Gasteiger partial charge on any atom is -0.377 e. The van der Waals surface area contributed by atoms with Gasteiger partial charge < -0.3 is 14.8 Å². The van der Waals surface area contributed by atoms with Crippen molar-refractivity contribution >= 4 is 0 Å². The predicted octanol–water partition coefficient (Wildman–Crippen LogP) is 1.32. The molecule has 2 unspecified atom stereocenters. The van der Waals surface area contributed by atoms with E-state index in [-0.39, 0.29) is 0 Å². The van der Waals surface area contributed by atoms with Crippen LogP contribution in [0.5, 0.6) is 0 Å². The van der Waals surface area contributed by atoms with Crippen LogP contribution in [0.15, 0.2) is 0 Å². The molecule has 2 rings (SSSR count). The Balaban J connectivity index is 1.52. The molecule has 3 nitrogen and oxygen atoms in total. The molecule has 2 aliphatic heterocycles. The zero-order chi connectivity index (χ0) is 9.64. The highest BCUT2D eigenvalue weighted by Crippen LogP contribution is 2.13. The monoisotopic (exact) mass is 199 g/mol. The molecule has 0 amide bonds. The molecule has 2 heterocycles. The summed E-state index contributed by atoms with van der Waals surface area (Å²) < 4.78 is 11.2. The summed E-state index contributed by atoms with van der Waals surface area (Å²) in [7, 11) is 0. The van der Waals surface area contributed by atoms with E-state index >= 15 is 0 Å². The van der Waals surface area contributed by atoms with E-state index in [0.717, 1.165) is 26.3 Å². The molecule has 1 N–H and O–H groups in total. The van der Waals surface area contributed by atoms with Crippen molar-refractivity contribution in [3.8, 4) is 0 Å². The second-order valence-electron chi connectivity index (χ2n) is 4.28. The lowest BCUT2D eigenvalue weighted by Gasteiger charge is -2.23. The lowest BCUT2D eigenvalue weighted by molar-refractivity contribution is 0.0144. The van der Waals surface area contributed by atoms with Gasteiger partial charge in [0, 0.05) is 26.3 Å². The fraction of sp³-hybridized carbons (Fsp3) is 1.00. The third kappa shape index (κ3) is 3.23. The minimum atomic E-state index is 0.449. The van der Waals surface area contributed by atoms with Gasteiger partial charge in [-0.25, -0.2) is 0 Å². The van der Waals surface area contributed by atoms with E-state index in [1.54, 1.807) is 0 Å². The first-order chi connectivity index (χ1) is 6.95. The van der Waals surface area contributed by atoms with Crippen molar-refractivity contribution in [1.82, 2.24) is 5.32 Å². The fourth-order valence-corrected chi connectivity index (χ4v) is 2.18. The van der Waals surface area contributed by atoms with E-state index in [1.807, 2.05) is 0 Å². The van der Waals surface area contributed by atoms with Crippen LogP contribution < -0.4 is 5.32 Å². The molecule has 0 radical (unpaired) electrons. The summed E-state index contributed by atoms with van der Waals surface area (Å²) in [5.74, 6) is 0. The van der Waals surface area contributed by atoms with Crippen LogP contribution in [0, 0.1) is 0 Å². The number of nitrogens with one attached hydrogen (secondary N) is 1. The first-order valence-corrected chi connectivity index (χ1v) is 5.89. The largest absolute Gasteiger partial charge is 0.377 e. The molecule has 0 bridgehead atoms. The minimum absolute atomic E-state index is 0.449. The van der Waals surface area contributed by atoms with Crippen molar-refractivity contribution in [3.63, 3.8) is 0 Å². The molecular formula is C11H21NO2. The van der Waals surface area contributed by atoms with Crippen molar-refractivity contribution in [2.45, 2.75) is 44.3 Å². The smallest absolute Gasteiger partial charge is 0.0700 e. The van der Waals surface area contributed by atoms with Gasteiger partial charge in [0.2, 0.25) is 0 Å². The molecule has 0 aromatic rings. The Kier molecular flexibility index (Phi) is 4.22. The second kappa shape index (κ2) is 5.69. The van der Waals surface area contributed by atoms with Gasteiger partial charge in [0.15, 0.2) is 0 Å². The van der Waals surface area contributed by atoms with E-state index in [1.165, 1.54) is 32.1 Å². The van der Waals surface area contributed by atoms with Gasteiger partial charge in [0.1, 0.15) is 0 Å². The summed E-state index contributed by atoms with van der Waals surface area (Å²) in [5.41, 5.74) is 0. The third-order valence-electron chi connectivity index (χ3n) is 3.04. The van der Waals surface area contributed by atoms with Crippen LogP contribution in [-0.2, 0) is 9.47 Å². The van der Waals surface area contributed by atoms with Gasteiger partial charge in [-0.2, -0.15) is 0 Å². The van der Waals surface area contributed by atoms with Gasteiger partial charge in [-0.15, -0.1) is 0 Å². The van der Waals surface area contributed by atoms with Crippen molar-refractivity contribution in [1.29, 1.82) is 0 Å². The fourth-order valence-electron chi connectivity index (χ4n) is 2.18. The number of hydrogen-bond donors (Lipinski definition) is 1. The van der Waals surface area contributed by atoms with Crippen LogP contribution >= 0.6 is 0 Å². The zero-order valence-corrected chi connectivity index (χ0v) is 8.84. The summed E-state index contributed by atoms with van der Waals surface area (Å²) in [6.45, 7) is 3.90. The maximum atomic E-state index is 5.64. The summed E-state index contributed by atoms with van der Waals surface area (Å²) in [4.78, 5) is 0. The van der Waals surface area contributed by atoms with Crippen molar-refractivity contribution in [2.75, 3.05) is 26.3 Å². The predicted molar refractivity (Wildman–Crippen MR) is 55.4 cm³/mol. The van der Waals surface area contributed by atoms with Crippen LogP contribution in [0.3, 0.4) is 0 Å². The Morgan fingerprint density at radius 2 is 1.50 bits per heavy atom. The Morgan fingerprint density at radius 3 is 2.07 bits per heavy atom. The topological polar surface area (TPSA) is 30.5 Å². The van der Waals surface area contributed by atoms with Gasteiger partial charge in [-0.05, 0) is 32.1 Å². The van der Waals surface area contributed by atoms with Crippen LogP contribution in [0.1, 0.15) is 32.1 Å². The second-order valence-corrected chi connectivity index (χ2v) is 4.28. The van der Waals surface area contributed by atoms with Crippen molar-refractivity contribution in [3.05, 3.63) is 0 Å². The normalized spacial score (nSPS) is 33.4. The molecule has 14 heavy (non-hydrogen) atoms. The van der Waals surface area contributed by atoms with Crippen LogP contribution in [0.2, 0.25) is 0 Å². The molecule has 0 aromatic heterocycles. The SMILES string of the molecule is C1CCC(CNCC2CCCO2)OC1. The summed E-state index contributed by atoms with van der Waals surface area (Å²) >= 11 is 0. The van der Waals surface area contributed by atoms with E-state index in [9.17, 15) is 0 Å². The van der Waals surface area contributed by atoms with Crippen LogP contribution in [-0.4, -0.2) is 38.5 Å². The molecular weight excluding hydrogens is 178 g/mol. The average molecular weight is 199 g/mol. The molecule has 0 aliphatic carbocycles. The standard InChI is InChI=1S/C11H21NO2/c1-2-6-13-10(4-1)8-12-9-11-5-3-7-14-11/h10-12H,1-9H2. The Bertz CT molecular complexity index is 151. The van der Waals surface area contributed by atoms with E-state index in [2.05, 4.69) is 5.32 Å². The van der Waals surface area contributed by atoms with Crippen LogP contribution in [0.4, 0.5) is 0 Å². The van der Waals surface area contributed by atoms with Crippen molar-refractivity contribution in [2.24, 2.45) is 0 Å². The Hall–Kier alpha value is -0.120. The Labute approximate surface area is 86.2 Å². The van der Waals surface area contributed by atoms with Crippen LogP contribution in [0.25, 0.3) is 0 Å². The first-order valence-electron chi connectivity index (χ1n) is 5.89. The number of rotatable bonds is 4. The number of ether oxygens (including phenoxy) is 2. The first kappa shape index (κ1) is 10.4. The highest BCUT2D eigenvalue weighted by Gasteiger charge is 2.17. The molecule has 2 aliphatic rings.